The van der Waals surface area contributed by atoms with Crippen LogP contribution in [0.4, 0.5) is 8.78 Å². The van der Waals surface area contributed by atoms with Gasteiger partial charge in [0.1, 0.15) is 29.0 Å². The SMILES string of the molecule is Cc1cc(F)ccc1OCc1cc(F)ccc1C(N)=S. The van der Waals surface area contributed by atoms with Gasteiger partial charge in [-0.25, -0.2) is 8.78 Å². The molecule has 0 fully saturated rings. The second-order valence-electron chi connectivity index (χ2n) is 4.36. The summed E-state index contributed by atoms with van der Waals surface area (Å²) in [6.07, 6.45) is 0. The second kappa shape index (κ2) is 5.96. The number of hydrogen-bond acceptors (Lipinski definition) is 2. The zero-order valence-electron chi connectivity index (χ0n) is 10.8. The fourth-order valence-electron chi connectivity index (χ4n) is 1.85. The highest BCUT2D eigenvalue weighted by atomic mass is 32.1. The van der Waals surface area contributed by atoms with Crippen LogP contribution in [0.25, 0.3) is 0 Å². The number of benzene rings is 2. The Hall–Kier alpha value is -2.01. The summed E-state index contributed by atoms with van der Waals surface area (Å²) in [5.41, 5.74) is 7.38. The van der Waals surface area contributed by atoms with E-state index in [0.29, 0.717) is 22.4 Å². The first kappa shape index (κ1) is 14.4. The molecule has 0 saturated heterocycles. The van der Waals surface area contributed by atoms with Gasteiger partial charge in [-0.3, -0.25) is 0 Å². The van der Waals surface area contributed by atoms with Gasteiger partial charge in [0.25, 0.3) is 0 Å². The van der Waals surface area contributed by atoms with Crippen molar-refractivity contribution in [2.75, 3.05) is 0 Å². The molecule has 2 rings (SSSR count). The van der Waals surface area contributed by atoms with Gasteiger partial charge in [-0.1, -0.05) is 12.2 Å². The summed E-state index contributed by atoms with van der Waals surface area (Å²) in [6, 6.07) is 8.35. The highest BCUT2D eigenvalue weighted by Crippen LogP contribution is 2.21. The third-order valence-corrected chi connectivity index (χ3v) is 3.07. The average Bonchev–Trinajstić information content (AvgIpc) is 2.37. The number of thiocarbonyl (C=S) groups is 1. The molecule has 0 aromatic heterocycles. The minimum Gasteiger partial charge on any atom is -0.489 e. The Labute approximate surface area is 121 Å². The van der Waals surface area contributed by atoms with Crippen LogP contribution in [0.1, 0.15) is 16.7 Å². The highest BCUT2D eigenvalue weighted by Gasteiger charge is 2.09. The number of aryl methyl sites for hydroxylation is 1. The molecule has 0 amide bonds. The van der Waals surface area contributed by atoms with Crippen molar-refractivity contribution in [3.05, 3.63) is 64.7 Å². The summed E-state index contributed by atoms with van der Waals surface area (Å²) >= 11 is 4.92. The van der Waals surface area contributed by atoms with E-state index in [0.717, 1.165) is 0 Å². The van der Waals surface area contributed by atoms with E-state index < -0.39 is 0 Å². The zero-order valence-corrected chi connectivity index (χ0v) is 11.6. The molecular formula is C15H13F2NOS. The second-order valence-corrected chi connectivity index (χ2v) is 4.80. The van der Waals surface area contributed by atoms with Crippen LogP contribution in [0.15, 0.2) is 36.4 Å². The van der Waals surface area contributed by atoms with Gasteiger partial charge in [-0.2, -0.15) is 0 Å². The highest BCUT2D eigenvalue weighted by molar-refractivity contribution is 7.80. The summed E-state index contributed by atoms with van der Waals surface area (Å²) in [6.45, 7) is 1.84. The van der Waals surface area contributed by atoms with E-state index in [1.807, 2.05) is 0 Å². The number of hydrogen-bond donors (Lipinski definition) is 1. The molecule has 0 aliphatic carbocycles. The van der Waals surface area contributed by atoms with Crippen molar-refractivity contribution in [3.63, 3.8) is 0 Å². The fraction of sp³-hybridized carbons (Fsp3) is 0.133. The van der Waals surface area contributed by atoms with Gasteiger partial charge in [0.15, 0.2) is 0 Å². The fourth-order valence-corrected chi connectivity index (χ4v) is 2.05. The quantitative estimate of drug-likeness (QED) is 0.877. The number of nitrogens with two attached hydrogens (primary N) is 1. The molecule has 0 atom stereocenters. The van der Waals surface area contributed by atoms with Crippen molar-refractivity contribution < 1.29 is 13.5 Å². The van der Waals surface area contributed by atoms with Gasteiger partial charge in [0.2, 0.25) is 0 Å². The lowest BCUT2D eigenvalue weighted by molar-refractivity contribution is 0.302. The molecule has 2 nitrogen and oxygen atoms in total. The number of ether oxygens (including phenoxy) is 1. The van der Waals surface area contributed by atoms with Crippen molar-refractivity contribution in [2.24, 2.45) is 5.73 Å². The van der Waals surface area contributed by atoms with Crippen LogP contribution in [0, 0.1) is 18.6 Å². The molecule has 0 aliphatic heterocycles. The van der Waals surface area contributed by atoms with Crippen molar-refractivity contribution in [1.29, 1.82) is 0 Å². The minimum absolute atomic E-state index is 0.108. The molecule has 0 aliphatic rings. The maximum absolute atomic E-state index is 13.3. The predicted octanol–water partition coefficient (Wildman–Crippen LogP) is 3.49. The van der Waals surface area contributed by atoms with Crippen molar-refractivity contribution in [3.8, 4) is 5.75 Å². The van der Waals surface area contributed by atoms with Gasteiger partial charge >= 0.3 is 0 Å². The average molecular weight is 293 g/mol. The molecule has 2 aromatic rings. The molecule has 0 heterocycles. The van der Waals surface area contributed by atoms with E-state index in [1.165, 1.54) is 36.4 Å². The van der Waals surface area contributed by atoms with Crippen LogP contribution in [0.2, 0.25) is 0 Å². The van der Waals surface area contributed by atoms with E-state index in [1.54, 1.807) is 6.92 Å². The van der Waals surface area contributed by atoms with Gasteiger partial charge in [-0.05, 0) is 48.9 Å². The van der Waals surface area contributed by atoms with Gasteiger partial charge in [0, 0.05) is 11.1 Å². The lowest BCUT2D eigenvalue weighted by atomic mass is 10.1. The lowest BCUT2D eigenvalue weighted by Crippen LogP contribution is -2.14. The van der Waals surface area contributed by atoms with Crippen molar-refractivity contribution in [2.45, 2.75) is 13.5 Å². The first-order valence-corrected chi connectivity index (χ1v) is 6.35. The Morgan fingerprint density at radius 2 is 1.80 bits per heavy atom. The third-order valence-electron chi connectivity index (χ3n) is 2.85. The summed E-state index contributed by atoms with van der Waals surface area (Å²) in [5, 5.41) is 0. The Morgan fingerprint density at radius 3 is 2.45 bits per heavy atom. The zero-order chi connectivity index (χ0) is 14.7. The molecule has 2 aromatic carbocycles. The summed E-state index contributed by atoms with van der Waals surface area (Å²) in [4.78, 5) is 0.180. The topological polar surface area (TPSA) is 35.2 Å². The molecule has 0 spiro atoms. The molecule has 0 bridgehead atoms. The van der Waals surface area contributed by atoms with Crippen molar-refractivity contribution in [1.82, 2.24) is 0 Å². The Kier molecular flexibility index (Phi) is 4.29. The van der Waals surface area contributed by atoms with E-state index >= 15 is 0 Å². The molecule has 0 radical (unpaired) electrons. The number of halogens is 2. The summed E-state index contributed by atoms with van der Waals surface area (Å²) in [5.74, 6) is -0.187. The molecule has 2 N–H and O–H groups in total. The number of rotatable bonds is 4. The lowest BCUT2D eigenvalue weighted by Gasteiger charge is -2.12. The molecule has 20 heavy (non-hydrogen) atoms. The molecular weight excluding hydrogens is 280 g/mol. The van der Waals surface area contributed by atoms with E-state index in [-0.39, 0.29) is 23.2 Å². The van der Waals surface area contributed by atoms with E-state index in [2.05, 4.69) is 0 Å². The summed E-state index contributed by atoms with van der Waals surface area (Å²) < 4.78 is 31.8. The van der Waals surface area contributed by atoms with Crippen LogP contribution < -0.4 is 10.5 Å². The van der Waals surface area contributed by atoms with Crippen LogP contribution >= 0.6 is 12.2 Å². The molecule has 0 saturated carbocycles. The predicted molar refractivity (Wildman–Crippen MR) is 77.8 cm³/mol. The largest absolute Gasteiger partial charge is 0.489 e. The Balaban J connectivity index is 2.22. The van der Waals surface area contributed by atoms with Crippen LogP contribution in [0.3, 0.4) is 0 Å². The van der Waals surface area contributed by atoms with E-state index in [9.17, 15) is 8.78 Å². The molecule has 5 heteroatoms. The van der Waals surface area contributed by atoms with Gasteiger partial charge in [0.05, 0.1) is 0 Å². The normalized spacial score (nSPS) is 10.3. The van der Waals surface area contributed by atoms with Crippen molar-refractivity contribution >= 4 is 17.2 Å². The standard InChI is InChI=1S/C15H13F2NOS/c1-9-6-11(16)3-5-14(9)19-8-10-7-12(17)2-4-13(10)15(18)20/h2-7H,8H2,1H3,(H2,18,20). The Bertz CT molecular complexity index is 658. The first-order valence-electron chi connectivity index (χ1n) is 5.94. The van der Waals surface area contributed by atoms with Gasteiger partial charge < -0.3 is 10.5 Å². The van der Waals surface area contributed by atoms with Crippen LogP contribution in [-0.2, 0) is 6.61 Å². The molecule has 0 unspecified atom stereocenters. The van der Waals surface area contributed by atoms with Crippen LogP contribution in [-0.4, -0.2) is 4.99 Å². The summed E-state index contributed by atoms with van der Waals surface area (Å²) in [7, 11) is 0. The van der Waals surface area contributed by atoms with E-state index in [4.69, 9.17) is 22.7 Å². The maximum atomic E-state index is 13.3. The third kappa shape index (κ3) is 3.30. The molecule has 104 valence electrons. The monoisotopic (exact) mass is 293 g/mol. The maximum Gasteiger partial charge on any atom is 0.123 e. The Morgan fingerprint density at radius 1 is 1.15 bits per heavy atom. The smallest absolute Gasteiger partial charge is 0.123 e. The minimum atomic E-state index is -0.389. The van der Waals surface area contributed by atoms with Crippen LogP contribution in [0.5, 0.6) is 5.75 Å². The van der Waals surface area contributed by atoms with Gasteiger partial charge in [-0.15, -0.1) is 0 Å². The first-order chi connectivity index (χ1) is 9.47.